The van der Waals surface area contributed by atoms with Gasteiger partial charge in [0, 0.05) is 28.8 Å². The number of ether oxygens (including phenoxy) is 4. The molecule has 1 rings (SSSR count). The van der Waals surface area contributed by atoms with Gasteiger partial charge in [-0.3, -0.25) is 0 Å². The maximum Gasteiger partial charge on any atom is 0.273 e. The molecule has 1 heterocycles. The van der Waals surface area contributed by atoms with Crippen LogP contribution in [0.1, 0.15) is 13.8 Å². The van der Waals surface area contributed by atoms with E-state index in [0.717, 1.165) is 8.35 Å². The SMILES string of the molecule is COC(C)OC(O)OC(C)OC.c1ccpnc1. The first-order valence-electron chi connectivity index (χ1n) is 5.36. The second-order valence-corrected chi connectivity index (χ2v) is 3.86. The van der Waals surface area contributed by atoms with Crippen LogP contribution in [0, 0.1) is 0 Å². The Bertz CT molecular complexity index is 239. The van der Waals surface area contributed by atoms with Gasteiger partial charge < -0.3 is 24.1 Å². The first kappa shape index (κ1) is 17.4. The number of hydrogen-bond acceptors (Lipinski definition) is 6. The Kier molecular flexibility index (Phi) is 11.1. The van der Waals surface area contributed by atoms with Crippen molar-refractivity contribution in [2.24, 2.45) is 0 Å². The number of rotatable bonds is 6. The van der Waals surface area contributed by atoms with Crippen molar-refractivity contribution >= 4 is 8.35 Å². The van der Waals surface area contributed by atoms with Crippen molar-refractivity contribution in [1.29, 1.82) is 0 Å². The summed E-state index contributed by atoms with van der Waals surface area (Å²) < 4.78 is 23.0. The molecular weight excluding hydrogens is 257 g/mol. The number of aromatic nitrogens is 1. The van der Waals surface area contributed by atoms with E-state index in [1.54, 1.807) is 20.0 Å². The standard InChI is InChI=1S/C7H16O5.C4H4NP/c1-5(9-3)11-7(8)12-6(2)10-4;1-2-4-6-5-3-1/h5-8H,1-4H3;1-4H. The topological polar surface area (TPSA) is 70.0 Å². The summed E-state index contributed by atoms with van der Waals surface area (Å²) in [5.74, 6) is 1.99. The lowest BCUT2D eigenvalue weighted by molar-refractivity contribution is -0.352. The molecule has 2 atom stereocenters. The number of nitrogens with zero attached hydrogens (tertiary/aromatic N) is 1. The lowest BCUT2D eigenvalue weighted by Crippen LogP contribution is -2.27. The molecule has 0 bridgehead atoms. The van der Waals surface area contributed by atoms with E-state index in [-0.39, 0.29) is 0 Å². The molecule has 7 heteroatoms. The van der Waals surface area contributed by atoms with Gasteiger partial charge in [0.15, 0.2) is 12.6 Å². The van der Waals surface area contributed by atoms with Crippen molar-refractivity contribution in [3.63, 3.8) is 0 Å². The molecule has 6 nitrogen and oxygen atoms in total. The highest BCUT2D eigenvalue weighted by atomic mass is 31.0. The minimum absolute atomic E-state index is 0.510. The van der Waals surface area contributed by atoms with Crippen LogP contribution in [-0.2, 0) is 18.9 Å². The second-order valence-electron chi connectivity index (χ2n) is 3.10. The van der Waals surface area contributed by atoms with Gasteiger partial charge in [-0.2, -0.15) is 0 Å². The van der Waals surface area contributed by atoms with Crippen molar-refractivity contribution in [3.8, 4) is 0 Å². The molecule has 1 aromatic rings. The van der Waals surface area contributed by atoms with Crippen LogP contribution < -0.4 is 0 Å². The van der Waals surface area contributed by atoms with Crippen molar-refractivity contribution in [3.05, 3.63) is 24.1 Å². The molecule has 0 aromatic carbocycles. The number of aliphatic hydroxyl groups is 1. The molecule has 104 valence electrons. The molecular formula is C11H20NO5P. The number of methoxy groups -OCH3 is 2. The van der Waals surface area contributed by atoms with Gasteiger partial charge in [-0.1, -0.05) is 6.07 Å². The zero-order chi connectivity index (χ0) is 13.8. The van der Waals surface area contributed by atoms with Crippen LogP contribution in [-0.4, -0.2) is 43.1 Å². The van der Waals surface area contributed by atoms with Gasteiger partial charge in [-0.05, 0) is 25.7 Å². The molecule has 1 aromatic heterocycles. The average molecular weight is 277 g/mol. The van der Waals surface area contributed by atoms with E-state index in [0.29, 0.717) is 0 Å². The Labute approximate surface area is 109 Å². The van der Waals surface area contributed by atoms with Gasteiger partial charge in [0.1, 0.15) is 0 Å². The first-order valence-corrected chi connectivity index (χ1v) is 6.28. The monoisotopic (exact) mass is 277 g/mol. The van der Waals surface area contributed by atoms with Gasteiger partial charge in [-0.15, -0.1) is 0 Å². The molecule has 0 amide bonds. The molecule has 0 fully saturated rings. The Morgan fingerprint density at radius 3 is 1.83 bits per heavy atom. The molecule has 0 saturated carbocycles. The van der Waals surface area contributed by atoms with Gasteiger partial charge in [-0.25, -0.2) is 4.75 Å². The summed E-state index contributed by atoms with van der Waals surface area (Å²) >= 11 is 0. The Hall–Kier alpha value is -0.620. The molecule has 0 saturated heterocycles. The normalized spacial score (nSPS) is 15.6. The summed E-state index contributed by atoms with van der Waals surface area (Å²) in [6.07, 6.45) is 0.773. The molecule has 18 heavy (non-hydrogen) atoms. The van der Waals surface area contributed by atoms with E-state index in [2.05, 4.69) is 4.75 Å². The van der Waals surface area contributed by atoms with Gasteiger partial charge in [0.05, 0.1) is 0 Å². The molecule has 1 N–H and O–H groups in total. The third kappa shape index (κ3) is 10.5. The van der Waals surface area contributed by atoms with Crippen LogP contribution in [0.25, 0.3) is 0 Å². The summed E-state index contributed by atoms with van der Waals surface area (Å²) in [5.41, 5.74) is 0. The Morgan fingerprint density at radius 2 is 1.61 bits per heavy atom. The fourth-order valence-corrected chi connectivity index (χ4v) is 1.13. The van der Waals surface area contributed by atoms with Crippen LogP contribution in [0.5, 0.6) is 0 Å². The maximum atomic E-state index is 9.05. The summed E-state index contributed by atoms with van der Waals surface area (Å²) in [7, 11) is 3.99. The minimum atomic E-state index is -1.32. The quantitative estimate of drug-likeness (QED) is 0.801. The van der Waals surface area contributed by atoms with Crippen molar-refractivity contribution in [2.75, 3.05) is 14.2 Å². The smallest absolute Gasteiger partial charge is 0.273 e. The van der Waals surface area contributed by atoms with E-state index in [1.165, 1.54) is 14.2 Å². The zero-order valence-corrected chi connectivity index (χ0v) is 11.9. The van der Waals surface area contributed by atoms with Gasteiger partial charge in [0.25, 0.3) is 6.48 Å². The third-order valence-corrected chi connectivity index (χ3v) is 2.34. The van der Waals surface area contributed by atoms with Crippen LogP contribution in [0.3, 0.4) is 0 Å². The molecule has 0 radical (unpaired) electrons. The van der Waals surface area contributed by atoms with E-state index in [9.17, 15) is 0 Å². The molecule has 0 aliphatic heterocycles. The van der Waals surface area contributed by atoms with Gasteiger partial charge >= 0.3 is 0 Å². The average Bonchev–Trinajstić information content (AvgIpc) is 2.40. The van der Waals surface area contributed by atoms with Crippen molar-refractivity contribution in [2.45, 2.75) is 32.9 Å². The fraction of sp³-hybridized carbons (Fsp3) is 0.636. The predicted molar refractivity (Wildman–Crippen MR) is 67.9 cm³/mol. The highest BCUT2D eigenvalue weighted by Crippen LogP contribution is 2.01. The van der Waals surface area contributed by atoms with Crippen molar-refractivity contribution < 1.29 is 24.1 Å². The van der Waals surface area contributed by atoms with Gasteiger partial charge in [0.2, 0.25) is 0 Å². The lowest BCUT2D eigenvalue weighted by Gasteiger charge is -2.19. The molecule has 0 aliphatic carbocycles. The summed E-state index contributed by atoms with van der Waals surface area (Å²) in [6.45, 7) is 1.96. The maximum absolute atomic E-state index is 9.05. The molecule has 2 unspecified atom stereocenters. The molecule has 0 aliphatic rings. The predicted octanol–water partition coefficient (Wildman–Crippen LogP) is 1.94. The Morgan fingerprint density at radius 1 is 1.06 bits per heavy atom. The Balaban J connectivity index is 0.000000397. The van der Waals surface area contributed by atoms with Crippen LogP contribution in [0.2, 0.25) is 0 Å². The van der Waals surface area contributed by atoms with E-state index in [4.69, 9.17) is 24.1 Å². The minimum Gasteiger partial charge on any atom is -0.356 e. The highest BCUT2D eigenvalue weighted by Gasteiger charge is 2.12. The zero-order valence-electron chi connectivity index (χ0n) is 11.0. The van der Waals surface area contributed by atoms with Crippen LogP contribution in [0.4, 0.5) is 0 Å². The summed E-state index contributed by atoms with van der Waals surface area (Å²) in [5, 5.41) is 9.05. The van der Waals surface area contributed by atoms with E-state index >= 15 is 0 Å². The highest BCUT2D eigenvalue weighted by molar-refractivity contribution is 7.24. The van der Waals surface area contributed by atoms with E-state index in [1.807, 2.05) is 17.9 Å². The van der Waals surface area contributed by atoms with E-state index < -0.39 is 19.1 Å². The van der Waals surface area contributed by atoms with Crippen LogP contribution >= 0.6 is 8.35 Å². The fourth-order valence-electron chi connectivity index (χ4n) is 0.724. The summed E-state index contributed by atoms with van der Waals surface area (Å²) in [6, 6.07) is 3.89. The largest absolute Gasteiger partial charge is 0.356 e. The lowest BCUT2D eigenvalue weighted by atomic mass is 10.7. The van der Waals surface area contributed by atoms with Crippen LogP contribution in [0.15, 0.2) is 24.1 Å². The molecule has 0 spiro atoms. The number of aliphatic hydroxyl groups excluding tert-OH is 1. The second kappa shape index (κ2) is 11.5. The van der Waals surface area contributed by atoms with Crippen molar-refractivity contribution in [1.82, 2.24) is 4.75 Å². The third-order valence-electron chi connectivity index (χ3n) is 1.76. The number of hydrogen-bond donors (Lipinski definition) is 1. The first-order chi connectivity index (χ1) is 8.60. The summed E-state index contributed by atoms with van der Waals surface area (Å²) in [4.78, 5) is 0.